The molecule has 2 nitrogen and oxygen atoms in total. The smallest absolute Gasteiger partial charge is 0.160 e. The number of aromatic nitrogens is 2. The molecule has 0 unspecified atom stereocenters. The predicted molar refractivity (Wildman–Crippen MR) is 254 cm³/mol. The summed E-state index contributed by atoms with van der Waals surface area (Å²) in [5.41, 5.74) is 24.8. The molecule has 3 aliphatic carbocycles. The Labute approximate surface area is 361 Å². The molecule has 0 saturated heterocycles. The maximum absolute atomic E-state index is 5.46. The minimum atomic E-state index is -0.574. The zero-order valence-electron chi connectivity index (χ0n) is 33.9. The molecular weight excluding hydrogens is 749 g/mol. The molecule has 2 heteroatoms. The molecule has 0 radical (unpaired) electrons. The summed E-state index contributed by atoms with van der Waals surface area (Å²) in [6.07, 6.45) is 0.921. The van der Waals surface area contributed by atoms with Gasteiger partial charge in [0.15, 0.2) is 5.82 Å². The van der Waals surface area contributed by atoms with E-state index in [-0.39, 0.29) is 0 Å². The van der Waals surface area contributed by atoms with Gasteiger partial charge in [-0.3, -0.25) is 0 Å². The number of fused-ring (bicyclic) bond motifs is 15. The minimum Gasteiger partial charge on any atom is -0.228 e. The molecular formula is C60H38N2. The fourth-order valence-electron chi connectivity index (χ4n) is 10.8. The number of rotatable bonds is 4. The van der Waals surface area contributed by atoms with Gasteiger partial charge in [0, 0.05) is 16.7 Å². The summed E-state index contributed by atoms with van der Waals surface area (Å²) in [4.78, 5) is 10.8. The lowest BCUT2D eigenvalue weighted by Gasteiger charge is -2.35. The highest BCUT2D eigenvalue weighted by Crippen LogP contribution is 2.61. The van der Waals surface area contributed by atoms with Gasteiger partial charge in [0.25, 0.3) is 0 Å². The molecule has 10 aromatic rings. The van der Waals surface area contributed by atoms with Crippen LogP contribution < -0.4 is 0 Å². The van der Waals surface area contributed by atoms with E-state index in [9.17, 15) is 0 Å². The molecule has 1 heterocycles. The second-order valence-electron chi connectivity index (χ2n) is 16.8. The first kappa shape index (κ1) is 34.9. The minimum absolute atomic E-state index is 0.574. The summed E-state index contributed by atoms with van der Waals surface area (Å²) >= 11 is 0. The van der Waals surface area contributed by atoms with E-state index >= 15 is 0 Å². The molecule has 1 aromatic heterocycles. The maximum Gasteiger partial charge on any atom is 0.160 e. The fourth-order valence-corrected chi connectivity index (χ4v) is 10.8. The van der Waals surface area contributed by atoms with Crippen molar-refractivity contribution in [2.45, 2.75) is 11.8 Å². The zero-order valence-corrected chi connectivity index (χ0v) is 33.9. The van der Waals surface area contributed by atoms with Crippen LogP contribution in [0.25, 0.3) is 89.5 Å². The topological polar surface area (TPSA) is 25.8 Å². The van der Waals surface area contributed by atoms with E-state index in [4.69, 9.17) is 9.97 Å². The summed E-state index contributed by atoms with van der Waals surface area (Å²) in [5, 5.41) is 0. The normalized spacial score (nSPS) is 13.2. The number of hydrogen-bond acceptors (Lipinski definition) is 2. The highest BCUT2D eigenvalue weighted by molar-refractivity contribution is 5.98. The molecule has 13 rings (SSSR count). The van der Waals surface area contributed by atoms with Crippen LogP contribution in [0.4, 0.5) is 0 Å². The Morgan fingerprint density at radius 1 is 0.274 bits per heavy atom. The van der Waals surface area contributed by atoms with Gasteiger partial charge in [0.1, 0.15) is 0 Å². The van der Waals surface area contributed by atoms with E-state index in [1.54, 1.807) is 0 Å². The lowest BCUT2D eigenvalue weighted by molar-refractivity contribution is 0.775. The Balaban J connectivity index is 1.06. The molecule has 288 valence electrons. The standard InChI is InChI=1S/C60H38N2/c1-2-14-38(15-3-1)39-26-28-40(29-27-39)59-61-57(42-30-32-46-44(35-42)34-41-16-4-5-17-45(41)46)37-58(62-59)43-31-33-52-48-19-7-6-18-47(48)49-20-8-11-23-53(49)60(56(52)36-43)54-24-12-9-21-50(54)51-22-10-13-25-55(51)60/h1-33,35-37H,34H2. The second-order valence-corrected chi connectivity index (χ2v) is 16.8. The van der Waals surface area contributed by atoms with Gasteiger partial charge in [-0.25, -0.2) is 9.97 Å². The van der Waals surface area contributed by atoms with Crippen molar-refractivity contribution in [2.75, 3.05) is 0 Å². The van der Waals surface area contributed by atoms with Crippen LogP contribution in [0, 0.1) is 0 Å². The molecule has 0 saturated carbocycles. The summed E-state index contributed by atoms with van der Waals surface area (Å²) in [7, 11) is 0. The molecule has 0 N–H and O–H groups in total. The molecule has 0 atom stereocenters. The van der Waals surface area contributed by atoms with Gasteiger partial charge in [-0.1, -0.05) is 200 Å². The van der Waals surface area contributed by atoms with Crippen LogP contribution in [-0.4, -0.2) is 9.97 Å². The third-order valence-corrected chi connectivity index (χ3v) is 13.6. The first-order valence-corrected chi connectivity index (χ1v) is 21.5. The van der Waals surface area contributed by atoms with Crippen LogP contribution in [0.5, 0.6) is 0 Å². The van der Waals surface area contributed by atoms with Gasteiger partial charge < -0.3 is 0 Å². The Morgan fingerprint density at radius 2 is 0.694 bits per heavy atom. The number of benzene rings is 9. The highest BCUT2D eigenvalue weighted by Gasteiger charge is 2.49. The first-order valence-electron chi connectivity index (χ1n) is 21.5. The quantitative estimate of drug-likeness (QED) is 0.178. The van der Waals surface area contributed by atoms with E-state index in [1.165, 1.54) is 83.5 Å². The van der Waals surface area contributed by atoms with E-state index < -0.39 is 5.41 Å². The lowest BCUT2D eigenvalue weighted by Crippen LogP contribution is -2.29. The van der Waals surface area contributed by atoms with Gasteiger partial charge in [-0.2, -0.15) is 0 Å². The molecule has 0 aliphatic heterocycles. The third kappa shape index (κ3) is 5.10. The molecule has 0 fully saturated rings. The van der Waals surface area contributed by atoms with Crippen molar-refractivity contribution in [3.8, 4) is 89.5 Å². The summed E-state index contributed by atoms with van der Waals surface area (Å²) in [6, 6.07) is 80.2. The molecule has 0 bridgehead atoms. The van der Waals surface area contributed by atoms with Crippen molar-refractivity contribution in [1.82, 2.24) is 9.97 Å². The van der Waals surface area contributed by atoms with Gasteiger partial charge >= 0.3 is 0 Å². The predicted octanol–water partition coefficient (Wildman–Crippen LogP) is 14.7. The summed E-state index contributed by atoms with van der Waals surface area (Å²) in [5.74, 6) is 0.706. The molecule has 62 heavy (non-hydrogen) atoms. The van der Waals surface area contributed by atoms with Crippen LogP contribution in [0.3, 0.4) is 0 Å². The summed E-state index contributed by atoms with van der Waals surface area (Å²) in [6.45, 7) is 0. The highest BCUT2D eigenvalue weighted by atomic mass is 14.9. The Bertz CT molecular complexity index is 3390. The third-order valence-electron chi connectivity index (χ3n) is 13.6. The van der Waals surface area contributed by atoms with Crippen molar-refractivity contribution >= 4 is 0 Å². The monoisotopic (exact) mass is 786 g/mol. The van der Waals surface area contributed by atoms with Gasteiger partial charge in [0.2, 0.25) is 0 Å². The Kier molecular flexibility index (Phi) is 7.62. The van der Waals surface area contributed by atoms with Crippen molar-refractivity contribution in [2.24, 2.45) is 0 Å². The number of hydrogen-bond donors (Lipinski definition) is 0. The van der Waals surface area contributed by atoms with Crippen LogP contribution >= 0.6 is 0 Å². The largest absolute Gasteiger partial charge is 0.228 e. The van der Waals surface area contributed by atoms with Crippen LogP contribution in [-0.2, 0) is 11.8 Å². The van der Waals surface area contributed by atoms with Crippen LogP contribution in [0.1, 0.15) is 33.4 Å². The Morgan fingerprint density at radius 3 is 1.32 bits per heavy atom. The Hall–Kier alpha value is -7.94. The van der Waals surface area contributed by atoms with Gasteiger partial charge in [0.05, 0.1) is 16.8 Å². The van der Waals surface area contributed by atoms with Gasteiger partial charge in [-0.15, -0.1) is 0 Å². The first-order chi connectivity index (χ1) is 30.7. The van der Waals surface area contributed by atoms with Crippen molar-refractivity contribution in [1.29, 1.82) is 0 Å². The summed E-state index contributed by atoms with van der Waals surface area (Å²) < 4.78 is 0. The van der Waals surface area contributed by atoms with Gasteiger partial charge in [-0.05, 0) is 114 Å². The maximum atomic E-state index is 5.46. The van der Waals surface area contributed by atoms with E-state index in [2.05, 4.69) is 218 Å². The van der Waals surface area contributed by atoms with E-state index in [1.807, 2.05) is 0 Å². The van der Waals surface area contributed by atoms with Crippen molar-refractivity contribution < 1.29 is 0 Å². The van der Waals surface area contributed by atoms with E-state index in [0.717, 1.165) is 40.1 Å². The van der Waals surface area contributed by atoms with Crippen molar-refractivity contribution in [3.05, 3.63) is 252 Å². The molecule has 0 amide bonds. The molecule has 3 aliphatic rings. The van der Waals surface area contributed by atoms with Crippen LogP contribution in [0.15, 0.2) is 218 Å². The zero-order chi connectivity index (χ0) is 40.8. The van der Waals surface area contributed by atoms with Crippen molar-refractivity contribution in [3.63, 3.8) is 0 Å². The SMILES string of the molecule is c1ccc(-c2ccc(-c3nc(-c4ccc5c(c4)Cc4ccccc4-5)cc(-c4ccc5c(c4)C4(c6ccccc6-c6ccccc6-5)c5ccccc5-c5ccccc54)n3)cc2)cc1. The van der Waals surface area contributed by atoms with E-state index in [0.29, 0.717) is 5.82 Å². The fraction of sp³-hybridized carbons (Fsp3) is 0.0333. The lowest BCUT2D eigenvalue weighted by atomic mass is 9.65. The second kappa shape index (κ2) is 13.5. The number of nitrogens with zero attached hydrogens (tertiary/aromatic N) is 2. The molecule has 1 spiro atoms. The average Bonchev–Trinajstić information content (AvgIpc) is 3.84. The average molecular weight is 787 g/mol. The molecule has 9 aromatic carbocycles. The van der Waals surface area contributed by atoms with Crippen LogP contribution in [0.2, 0.25) is 0 Å².